The van der Waals surface area contributed by atoms with Gasteiger partial charge in [0.05, 0.1) is 0 Å². The Bertz CT molecular complexity index is 1210. The van der Waals surface area contributed by atoms with Crippen molar-refractivity contribution in [2.45, 2.75) is 76.2 Å². The molecule has 0 bridgehead atoms. The van der Waals surface area contributed by atoms with Crippen molar-refractivity contribution >= 4 is 32.3 Å². The molecule has 41 heavy (non-hydrogen) atoms. The van der Waals surface area contributed by atoms with Gasteiger partial charge in [-0.1, -0.05) is 202 Å². The van der Waals surface area contributed by atoms with Crippen molar-refractivity contribution in [3.05, 3.63) is 145 Å². The van der Waals surface area contributed by atoms with Crippen molar-refractivity contribution in [1.82, 2.24) is 0 Å². The molecule has 0 unspecified atom stereocenters. The summed E-state index contributed by atoms with van der Waals surface area (Å²) in [6.07, 6.45) is 0. The van der Waals surface area contributed by atoms with Crippen LogP contribution >= 0.6 is 0 Å². The van der Waals surface area contributed by atoms with Crippen LogP contribution in [0.25, 0.3) is 32.3 Å². The van der Waals surface area contributed by atoms with Crippen LogP contribution in [0.4, 0.5) is 0 Å². The summed E-state index contributed by atoms with van der Waals surface area (Å²) < 4.78 is 0. The van der Waals surface area contributed by atoms with Gasteiger partial charge in [0.15, 0.2) is 0 Å². The molecule has 0 amide bonds. The van der Waals surface area contributed by atoms with Crippen molar-refractivity contribution < 1.29 is 0 Å². The van der Waals surface area contributed by atoms with Gasteiger partial charge in [0.25, 0.3) is 0 Å². The minimum Gasteiger partial charge on any atom is -0.0683 e. The average Bonchev–Trinajstić information content (AvgIpc) is 3.09. The highest BCUT2D eigenvalue weighted by atomic mass is 14.0. The third-order valence-corrected chi connectivity index (χ3v) is 5.21. The van der Waals surface area contributed by atoms with Gasteiger partial charge < -0.3 is 0 Å². The second kappa shape index (κ2) is 27.7. The highest BCUT2D eigenvalue weighted by Crippen LogP contribution is 2.22. The molecule has 0 spiro atoms. The van der Waals surface area contributed by atoms with Crippen LogP contribution in [-0.2, 0) is 0 Å². The molecule has 0 saturated carbocycles. The molecule has 0 atom stereocenters. The van der Waals surface area contributed by atoms with E-state index in [-0.39, 0.29) is 0 Å². The summed E-state index contributed by atoms with van der Waals surface area (Å²) in [5, 5.41) is 7.87. The molecular formula is C41H56. The van der Waals surface area contributed by atoms with Crippen LogP contribution in [0.2, 0.25) is 0 Å². The zero-order chi connectivity index (χ0) is 31.3. The van der Waals surface area contributed by atoms with Crippen LogP contribution in [0, 0.1) is 6.92 Å². The molecule has 0 aliphatic heterocycles. The van der Waals surface area contributed by atoms with E-state index in [0.717, 1.165) is 0 Å². The Morgan fingerprint density at radius 1 is 0.244 bits per heavy atom. The molecule has 0 saturated heterocycles. The van der Waals surface area contributed by atoms with Crippen LogP contribution in [0.3, 0.4) is 0 Å². The number of benzene rings is 6. The zero-order valence-electron chi connectivity index (χ0n) is 27.8. The molecule has 0 nitrogen and oxygen atoms in total. The second-order valence-corrected chi connectivity index (χ2v) is 7.55. The highest BCUT2D eigenvalue weighted by Gasteiger charge is 1.95. The Hall–Kier alpha value is -3.90. The van der Waals surface area contributed by atoms with Crippen molar-refractivity contribution in [2.75, 3.05) is 0 Å². The quantitative estimate of drug-likeness (QED) is 0.166. The Morgan fingerprint density at radius 3 is 0.634 bits per heavy atom. The molecule has 0 radical (unpaired) electrons. The lowest BCUT2D eigenvalue weighted by molar-refractivity contribution is 1.48. The van der Waals surface area contributed by atoms with E-state index in [1.807, 2.05) is 87.4 Å². The molecule has 220 valence electrons. The fraction of sp³-hybridized carbons (Fsp3) is 0.268. The second-order valence-electron chi connectivity index (χ2n) is 7.55. The van der Waals surface area contributed by atoms with Crippen LogP contribution in [0.15, 0.2) is 140 Å². The number of hydrogen-bond donors (Lipinski definition) is 0. The fourth-order valence-corrected chi connectivity index (χ4v) is 3.55. The Labute approximate surface area is 253 Å². The summed E-state index contributed by atoms with van der Waals surface area (Å²) in [6, 6.07) is 48.4. The van der Waals surface area contributed by atoms with Gasteiger partial charge >= 0.3 is 0 Å². The fourth-order valence-electron chi connectivity index (χ4n) is 3.55. The molecule has 0 aliphatic carbocycles. The van der Waals surface area contributed by atoms with Crippen molar-refractivity contribution in [1.29, 1.82) is 0 Å². The predicted octanol–water partition coefficient (Wildman–Crippen LogP) is 14.0. The maximum Gasteiger partial charge on any atom is -0.0178 e. The van der Waals surface area contributed by atoms with Gasteiger partial charge in [0.2, 0.25) is 0 Å². The van der Waals surface area contributed by atoms with Gasteiger partial charge in [0.1, 0.15) is 0 Å². The smallest absolute Gasteiger partial charge is 0.0178 e. The molecule has 0 heteroatoms. The SMILES string of the molecule is CC.CC.CC.CC.CC.Cc1ccccc1.c1ccc2cc3ccccc3cc2c1.c1ccc2ccccc2c1. The summed E-state index contributed by atoms with van der Waals surface area (Å²) in [6.45, 7) is 22.1. The lowest BCUT2D eigenvalue weighted by atomic mass is 10.0. The Kier molecular flexibility index (Phi) is 26.5. The number of fused-ring (bicyclic) bond motifs is 3. The first-order valence-corrected chi connectivity index (χ1v) is 15.6. The predicted molar refractivity (Wildman–Crippen MR) is 193 cm³/mol. The minimum absolute atomic E-state index is 1.31. The number of rotatable bonds is 0. The summed E-state index contributed by atoms with van der Waals surface area (Å²) in [5.41, 5.74) is 1.32. The molecule has 0 aliphatic rings. The first-order chi connectivity index (χ1) is 20.3. The van der Waals surface area contributed by atoms with Crippen molar-refractivity contribution in [3.63, 3.8) is 0 Å². The van der Waals surface area contributed by atoms with Gasteiger partial charge in [-0.05, 0) is 51.4 Å². The molecular weight excluding hydrogens is 492 g/mol. The maximum atomic E-state index is 2.24. The number of aryl methyl sites for hydroxylation is 1. The van der Waals surface area contributed by atoms with E-state index in [9.17, 15) is 0 Å². The summed E-state index contributed by atoms with van der Waals surface area (Å²) in [7, 11) is 0. The molecule has 0 aromatic heterocycles. The van der Waals surface area contributed by atoms with Crippen molar-refractivity contribution in [2.24, 2.45) is 0 Å². The summed E-state index contributed by atoms with van der Waals surface area (Å²) in [4.78, 5) is 0. The van der Waals surface area contributed by atoms with Gasteiger partial charge in [-0.15, -0.1) is 0 Å². The molecule has 0 N–H and O–H groups in total. The monoisotopic (exact) mass is 548 g/mol. The standard InChI is InChI=1S/C14H10.C10H8.C7H8.5C2H6/c1-2-6-12-10-14-8-4-3-7-13(14)9-11(12)5-1;1-2-6-10-8-4-3-7-9(10)5-1;1-7-5-3-2-4-6-7;5*1-2/h1-10H;1-8H;2-6H,1H3;5*1-2H3. The van der Waals surface area contributed by atoms with Crippen LogP contribution in [0.1, 0.15) is 74.8 Å². The van der Waals surface area contributed by atoms with Gasteiger partial charge in [0, 0.05) is 0 Å². The normalized spacial score (nSPS) is 8.37. The van der Waals surface area contributed by atoms with E-state index >= 15 is 0 Å². The maximum absolute atomic E-state index is 2.24. The van der Waals surface area contributed by atoms with Crippen LogP contribution < -0.4 is 0 Å². The Morgan fingerprint density at radius 2 is 0.439 bits per heavy atom. The molecule has 6 aromatic carbocycles. The van der Waals surface area contributed by atoms with E-state index in [0.29, 0.717) is 0 Å². The third kappa shape index (κ3) is 15.5. The number of hydrogen-bond acceptors (Lipinski definition) is 0. The van der Waals surface area contributed by atoms with Gasteiger partial charge in [-0.3, -0.25) is 0 Å². The molecule has 0 fully saturated rings. The van der Waals surface area contributed by atoms with Gasteiger partial charge in [-0.25, -0.2) is 0 Å². The Balaban J connectivity index is 0. The highest BCUT2D eigenvalue weighted by molar-refractivity contribution is 5.98. The minimum atomic E-state index is 1.31. The lowest BCUT2D eigenvalue weighted by Crippen LogP contribution is -1.74. The molecule has 0 heterocycles. The van der Waals surface area contributed by atoms with E-state index < -0.39 is 0 Å². The summed E-state index contributed by atoms with van der Waals surface area (Å²) >= 11 is 0. The topological polar surface area (TPSA) is 0 Å². The lowest BCUT2D eigenvalue weighted by Gasteiger charge is -2.00. The van der Waals surface area contributed by atoms with Crippen LogP contribution in [0.5, 0.6) is 0 Å². The first-order valence-electron chi connectivity index (χ1n) is 15.6. The molecule has 6 rings (SSSR count). The van der Waals surface area contributed by atoms with Crippen molar-refractivity contribution in [3.8, 4) is 0 Å². The first kappa shape index (κ1) is 39.2. The average molecular weight is 549 g/mol. The van der Waals surface area contributed by atoms with Gasteiger partial charge in [-0.2, -0.15) is 0 Å². The van der Waals surface area contributed by atoms with E-state index in [1.54, 1.807) is 0 Å². The molecule has 6 aromatic rings. The zero-order valence-corrected chi connectivity index (χ0v) is 27.8. The van der Waals surface area contributed by atoms with E-state index in [2.05, 4.69) is 128 Å². The van der Waals surface area contributed by atoms with Crippen LogP contribution in [-0.4, -0.2) is 0 Å². The largest absolute Gasteiger partial charge is 0.0683 e. The third-order valence-electron chi connectivity index (χ3n) is 5.21. The van der Waals surface area contributed by atoms with E-state index in [1.165, 1.54) is 37.9 Å². The summed E-state index contributed by atoms with van der Waals surface area (Å²) in [5.74, 6) is 0. The van der Waals surface area contributed by atoms with E-state index in [4.69, 9.17) is 0 Å².